The normalized spacial score (nSPS) is 21.9. The van der Waals surface area contributed by atoms with Crippen LogP contribution in [0, 0.1) is 0 Å². The molecule has 0 saturated carbocycles. The van der Waals surface area contributed by atoms with Crippen molar-refractivity contribution in [3.05, 3.63) is 35.4 Å². The van der Waals surface area contributed by atoms with Crippen LogP contribution in [0.4, 0.5) is 0 Å². The van der Waals surface area contributed by atoms with Gasteiger partial charge in [-0.2, -0.15) is 0 Å². The molecular formula is C18H29N. The van der Waals surface area contributed by atoms with Gasteiger partial charge in [0, 0.05) is 11.6 Å². The van der Waals surface area contributed by atoms with Gasteiger partial charge in [0.05, 0.1) is 0 Å². The van der Waals surface area contributed by atoms with E-state index in [0.717, 1.165) is 0 Å². The first-order chi connectivity index (χ1) is 8.91. The van der Waals surface area contributed by atoms with Crippen molar-refractivity contribution >= 4 is 0 Å². The minimum absolute atomic E-state index is 0.259. The summed E-state index contributed by atoms with van der Waals surface area (Å²) in [6, 6.07) is 9.66. The molecule has 1 aromatic carbocycles. The lowest BCUT2D eigenvalue weighted by molar-refractivity contribution is 0.0504. The number of benzene rings is 1. The molecule has 106 valence electrons. The Morgan fingerprint density at radius 3 is 2.42 bits per heavy atom. The summed E-state index contributed by atoms with van der Waals surface area (Å²) < 4.78 is 0. The molecule has 1 heteroatoms. The summed E-state index contributed by atoms with van der Waals surface area (Å²) in [6.45, 7) is 12.9. The molecule has 1 aliphatic heterocycles. The zero-order valence-corrected chi connectivity index (χ0v) is 13.2. The van der Waals surface area contributed by atoms with E-state index in [-0.39, 0.29) is 5.54 Å². The first-order valence-corrected chi connectivity index (χ1v) is 7.77. The number of piperidine rings is 1. The number of hydrogen-bond donors (Lipinski definition) is 0. The Balaban J connectivity index is 2.38. The smallest absolute Gasteiger partial charge is 0.0356 e. The Labute approximate surface area is 119 Å². The maximum absolute atomic E-state index is 2.71. The number of rotatable bonds is 2. The van der Waals surface area contributed by atoms with Crippen molar-refractivity contribution in [3.63, 3.8) is 0 Å². The van der Waals surface area contributed by atoms with Gasteiger partial charge in [-0.15, -0.1) is 0 Å². The van der Waals surface area contributed by atoms with Crippen molar-refractivity contribution in [2.75, 3.05) is 6.54 Å². The third kappa shape index (κ3) is 3.20. The predicted molar refractivity (Wildman–Crippen MR) is 83.6 cm³/mol. The molecular weight excluding hydrogens is 230 g/mol. The van der Waals surface area contributed by atoms with E-state index in [9.17, 15) is 0 Å². The minimum atomic E-state index is 0.259. The van der Waals surface area contributed by atoms with Crippen molar-refractivity contribution in [1.82, 2.24) is 4.90 Å². The van der Waals surface area contributed by atoms with Gasteiger partial charge < -0.3 is 0 Å². The zero-order valence-electron chi connectivity index (χ0n) is 13.2. The van der Waals surface area contributed by atoms with Gasteiger partial charge in [0.15, 0.2) is 0 Å². The van der Waals surface area contributed by atoms with Crippen molar-refractivity contribution < 1.29 is 0 Å². The summed E-state index contributed by atoms with van der Waals surface area (Å²) >= 11 is 0. The summed E-state index contributed by atoms with van der Waals surface area (Å²) in [4.78, 5) is 2.71. The van der Waals surface area contributed by atoms with Gasteiger partial charge in [0.25, 0.3) is 0 Å². The standard InChI is InChI=1S/C18H29N/c1-14(2)15-10-6-7-11-16(15)17-12-8-9-13-19(17)18(3,4)5/h6-7,10-11,14,17H,8-9,12-13H2,1-5H3. The van der Waals surface area contributed by atoms with Crippen molar-refractivity contribution in [2.24, 2.45) is 0 Å². The zero-order chi connectivity index (χ0) is 14.0. The lowest BCUT2D eigenvalue weighted by Gasteiger charge is -2.45. The molecule has 0 radical (unpaired) electrons. The highest BCUT2D eigenvalue weighted by atomic mass is 15.2. The Bertz CT molecular complexity index is 414. The van der Waals surface area contributed by atoms with E-state index in [4.69, 9.17) is 0 Å². The van der Waals surface area contributed by atoms with E-state index in [1.54, 1.807) is 5.56 Å². The van der Waals surface area contributed by atoms with Gasteiger partial charge in [0.1, 0.15) is 0 Å². The highest BCUT2D eigenvalue weighted by molar-refractivity contribution is 5.33. The van der Waals surface area contributed by atoms with Crippen LogP contribution in [0.25, 0.3) is 0 Å². The van der Waals surface area contributed by atoms with Gasteiger partial charge in [-0.25, -0.2) is 0 Å². The summed E-state index contributed by atoms with van der Waals surface area (Å²) in [6.07, 6.45) is 4.02. The van der Waals surface area contributed by atoms with Gasteiger partial charge in [0.2, 0.25) is 0 Å². The van der Waals surface area contributed by atoms with Crippen LogP contribution >= 0.6 is 0 Å². The molecule has 0 amide bonds. The molecule has 1 aromatic rings. The molecule has 0 N–H and O–H groups in total. The lowest BCUT2D eigenvalue weighted by atomic mass is 9.85. The Hall–Kier alpha value is -0.820. The van der Waals surface area contributed by atoms with Crippen LogP contribution in [0.3, 0.4) is 0 Å². The largest absolute Gasteiger partial charge is 0.291 e. The average molecular weight is 259 g/mol. The highest BCUT2D eigenvalue weighted by Crippen LogP contribution is 2.38. The summed E-state index contributed by atoms with van der Waals surface area (Å²) in [5.41, 5.74) is 3.35. The first kappa shape index (κ1) is 14.6. The first-order valence-electron chi connectivity index (χ1n) is 7.77. The van der Waals surface area contributed by atoms with E-state index >= 15 is 0 Å². The molecule has 1 unspecified atom stereocenters. The Morgan fingerprint density at radius 1 is 1.11 bits per heavy atom. The lowest BCUT2D eigenvalue weighted by Crippen LogP contribution is -2.46. The van der Waals surface area contributed by atoms with E-state index in [2.05, 4.69) is 63.8 Å². The van der Waals surface area contributed by atoms with Crippen molar-refractivity contribution in [2.45, 2.75) is 71.4 Å². The number of likely N-dealkylation sites (tertiary alicyclic amines) is 1. The second-order valence-electron chi connectivity index (χ2n) is 7.16. The molecule has 1 atom stereocenters. The molecule has 2 rings (SSSR count). The molecule has 1 nitrogen and oxygen atoms in total. The second kappa shape index (κ2) is 5.66. The van der Waals surface area contributed by atoms with E-state index in [1.165, 1.54) is 31.4 Å². The third-order valence-corrected chi connectivity index (χ3v) is 4.34. The fraction of sp³-hybridized carbons (Fsp3) is 0.667. The summed E-state index contributed by atoms with van der Waals surface area (Å²) in [7, 11) is 0. The van der Waals surface area contributed by atoms with Crippen LogP contribution in [-0.2, 0) is 0 Å². The van der Waals surface area contributed by atoms with Crippen LogP contribution in [0.1, 0.15) is 77.0 Å². The maximum atomic E-state index is 2.71. The molecule has 1 heterocycles. The van der Waals surface area contributed by atoms with E-state index in [1.807, 2.05) is 0 Å². The van der Waals surface area contributed by atoms with E-state index < -0.39 is 0 Å². The molecule has 0 aromatic heterocycles. The maximum Gasteiger partial charge on any atom is 0.0356 e. The summed E-state index contributed by atoms with van der Waals surface area (Å²) in [5, 5.41) is 0. The SMILES string of the molecule is CC(C)c1ccccc1C1CCCCN1C(C)(C)C. The molecule has 1 fully saturated rings. The minimum Gasteiger partial charge on any atom is -0.291 e. The molecule has 0 aliphatic carbocycles. The van der Waals surface area contributed by atoms with Crippen LogP contribution < -0.4 is 0 Å². The molecule has 19 heavy (non-hydrogen) atoms. The number of nitrogens with zero attached hydrogens (tertiary/aromatic N) is 1. The van der Waals surface area contributed by atoms with Crippen LogP contribution in [-0.4, -0.2) is 17.0 Å². The van der Waals surface area contributed by atoms with Gasteiger partial charge in [-0.05, 0) is 57.2 Å². The van der Waals surface area contributed by atoms with Crippen LogP contribution in [0.5, 0.6) is 0 Å². The van der Waals surface area contributed by atoms with Crippen LogP contribution in [0.15, 0.2) is 24.3 Å². The molecule has 0 spiro atoms. The van der Waals surface area contributed by atoms with Gasteiger partial charge >= 0.3 is 0 Å². The quantitative estimate of drug-likeness (QED) is 0.711. The molecule has 1 aliphatic rings. The van der Waals surface area contributed by atoms with Crippen LogP contribution in [0.2, 0.25) is 0 Å². The second-order valence-corrected chi connectivity index (χ2v) is 7.16. The highest BCUT2D eigenvalue weighted by Gasteiger charge is 2.33. The van der Waals surface area contributed by atoms with Gasteiger partial charge in [-0.1, -0.05) is 44.5 Å². The third-order valence-electron chi connectivity index (χ3n) is 4.34. The van der Waals surface area contributed by atoms with Crippen molar-refractivity contribution in [3.8, 4) is 0 Å². The van der Waals surface area contributed by atoms with E-state index in [0.29, 0.717) is 12.0 Å². The fourth-order valence-electron chi connectivity index (χ4n) is 3.40. The molecule has 0 bridgehead atoms. The average Bonchev–Trinajstić information content (AvgIpc) is 2.37. The topological polar surface area (TPSA) is 3.24 Å². The molecule has 1 saturated heterocycles. The predicted octanol–water partition coefficient (Wildman–Crippen LogP) is 5.14. The monoisotopic (exact) mass is 259 g/mol. The number of hydrogen-bond acceptors (Lipinski definition) is 1. The summed E-state index contributed by atoms with van der Waals surface area (Å²) in [5.74, 6) is 0.611. The fourth-order valence-corrected chi connectivity index (χ4v) is 3.40. The Kier molecular flexibility index (Phi) is 4.35. The van der Waals surface area contributed by atoms with Gasteiger partial charge in [-0.3, -0.25) is 4.90 Å². The van der Waals surface area contributed by atoms with Crippen molar-refractivity contribution in [1.29, 1.82) is 0 Å². The Morgan fingerprint density at radius 2 is 1.79 bits per heavy atom.